The number of carbonyl (C=O) groups is 2. The van der Waals surface area contributed by atoms with Crippen molar-refractivity contribution in [3.05, 3.63) is 84.7 Å². The van der Waals surface area contributed by atoms with E-state index in [9.17, 15) is 9.59 Å². The van der Waals surface area contributed by atoms with Gasteiger partial charge in [-0.2, -0.15) is 0 Å². The van der Waals surface area contributed by atoms with Crippen molar-refractivity contribution in [1.29, 1.82) is 0 Å². The van der Waals surface area contributed by atoms with Crippen LogP contribution in [0.5, 0.6) is 17.2 Å². The number of methoxy groups -OCH3 is 1. The van der Waals surface area contributed by atoms with Gasteiger partial charge in [-0.05, 0) is 50.0 Å². The Morgan fingerprint density at radius 2 is 1.90 bits per heavy atom. The summed E-state index contributed by atoms with van der Waals surface area (Å²) in [5.41, 5.74) is 7.49. The molecule has 0 aliphatic heterocycles. The van der Waals surface area contributed by atoms with Gasteiger partial charge in [0.05, 0.1) is 39.9 Å². The summed E-state index contributed by atoms with van der Waals surface area (Å²) in [5, 5.41) is 2.63. The number of halogens is 1. The van der Waals surface area contributed by atoms with Crippen LogP contribution >= 0.6 is 11.3 Å². The summed E-state index contributed by atoms with van der Waals surface area (Å²) in [4.78, 5) is 37.2. The molecule has 0 aliphatic carbocycles. The first kappa shape index (κ1) is 28.7. The number of amides is 2. The number of nitrogens with two attached hydrogens (primary N) is 1. The van der Waals surface area contributed by atoms with Crippen LogP contribution in [0.4, 0.5) is 10.1 Å². The number of anilines is 1. The molecular formula is C30H29FN6O4S. The lowest BCUT2D eigenvalue weighted by molar-refractivity contribution is -0.127. The topological polar surface area (TPSA) is 125 Å². The van der Waals surface area contributed by atoms with E-state index in [4.69, 9.17) is 15.2 Å². The van der Waals surface area contributed by atoms with Crippen LogP contribution in [0.15, 0.2) is 73.3 Å². The Labute approximate surface area is 245 Å². The van der Waals surface area contributed by atoms with Gasteiger partial charge in [-0.1, -0.05) is 18.2 Å². The van der Waals surface area contributed by atoms with Gasteiger partial charge in [0.1, 0.15) is 17.4 Å². The molecule has 0 radical (unpaired) electrons. The number of hydrogen-bond donors (Lipinski definition) is 2. The number of likely N-dealkylation sites (N-methyl/N-ethyl adjacent to an activating group) is 1. The van der Waals surface area contributed by atoms with E-state index >= 15 is 4.39 Å². The molecule has 2 amide bonds. The Kier molecular flexibility index (Phi) is 8.46. The normalized spacial score (nSPS) is 11.9. The van der Waals surface area contributed by atoms with Crippen molar-refractivity contribution in [1.82, 2.24) is 19.4 Å². The lowest BCUT2D eigenvalue weighted by atomic mass is 9.97. The number of pyridine rings is 1. The predicted molar refractivity (Wildman–Crippen MR) is 159 cm³/mol. The molecule has 3 N–H and O–H groups in total. The Balaban J connectivity index is 1.37. The van der Waals surface area contributed by atoms with Crippen molar-refractivity contribution in [3.8, 4) is 27.8 Å². The van der Waals surface area contributed by atoms with Crippen molar-refractivity contribution >= 4 is 39.1 Å². The largest absolute Gasteiger partial charge is 0.495 e. The lowest BCUT2D eigenvalue weighted by Gasteiger charge is -2.16. The highest BCUT2D eigenvalue weighted by molar-refractivity contribution is 7.22. The molecule has 3 aromatic heterocycles. The van der Waals surface area contributed by atoms with Crippen molar-refractivity contribution < 1.29 is 23.5 Å². The van der Waals surface area contributed by atoms with Crippen molar-refractivity contribution in [2.75, 3.05) is 33.1 Å². The van der Waals surface area contributed by atoms with E-state index in [2.05, 4.69) is 20.2 Å². The van der Waals surface area contributed by atoms with Crippen LogP contribution in [0.1, 0.15) is 11.5 Å². The molecule has 10 nitrogen and oxygen atoms in total. The van der Waals surface area contributed by atoms with Crippen LogP contribution in [0, 0.1) is 5.82 Å². The van der Waals surface area contributed by atoms with Crippen LogP contribution in [-0.2, 0) is 16.1 Å². The number of imidazole rings is 1. The second-order valence-electron chi connectivity index (χ2n) is 9.75. The summed E-state index contributed by atoms with van der Waals surface area (Å²) in [6, 6.07) is 14.2. The summed E-state index contributed by atoms with van der Waals surface area (Å²) in [6.07, 6.45) is 5.36. The maximum Gasteiger partial charge on any atom is 0.241 e. The van der Waals surface area contributed by atoms with Crippen LogP contribution in [0.2, 0.25) is 0 Å². The van der Waals surface area contributed by atoms with Gasteiger partial charge < -0.3 is 30.0 Å². The first-order valence-corrected chi connectivity index (χ1v) is 13.8. The Hall–Kier alpha value is -4.81. The van der Waals surface area contributed by atoms with Crippen LogP contribution in [0.25, 0.3) is 20.8 Å². The minimum atomic E-state index is -1.44. The summed E-state index contributed by atoms with van der Waals surface area (Å²) in [7, 11) is 5.49. The number of carbonyl (C=O) groups excluding carboxylic acids is 2. The number of ether oxygens (including phenoxy) is 2. The van der Waals surface area contributed by atoms with E-state index in [0.717, 1.165) is 34.4 Å². The highest BCUT2D eigenvalue weighted by atomic mass is 32.1. The SMILES string of the molecule is COc1ccccc1NC(=O)C(C(N)=O)c1ccc(Oc2ccnc3cc(-c4cn(CCN(C)C)cn4)sc23)c(F)c1. The molecule has 1 atom stereocenters. The van der Waals surface area contributed by atoms with Crippen molar-refractivity contribution in [3.63, 3.8) is 0 Å². The lowest BCUT2D eigenvalue weighted by Crippen LogP contribution is -2.32. The van der Waals surface area contributed by atoms with E-state index in [1.807, 2.05) is 30.9 Å². The Bertz CT molecular complexity index is 1750. The second-order valence-corrected chi connectivity index (χ2v) is 10.8. The molecule has 0 aliphatic rings. The Morgan fingerprint density at radius 3 is 2.64 bits per heavy atom. The third-order valence-electron chi connectivity index (χ3n) is 6.49. The number of benzene rings is 2. The van der Waals surface area contributed by atoms with Crippen LogP contribution < -0.4 is 20.5 Å². The number of nitrogens with one attached hydrogen (secondary N) is 1. The zero-order valence-electron chi connectivity index (χ0n) is 23.2. The van der Waals surface area contributed by atoms with Gasteiger partial charge in [0.2, 0.25) is 11.8 Å². The number of nitrogens with zero attached hydrogens (tertiary/aromatic N) is 4. The third-order valence-corrected chi connectivity index (χ3v) is 7.65. The molecule has 0 bridgehead atoms. The molecule has 12 heteroatoms. The zero-order chi connectivity index (χ0) is 29.8. The minimum Gasteiger partial charge on any atom is -0.495 e. The number of hydrogen-bond acceptors (Lipinski definition) is 8. The standard InChI is InChI=1S/C30H29FN6O4S/c1-36(2)12-13-37-16-22(34-17-37)26-15-21-28(42-26)25(10-11-33-21)41-23-9-8-18(14-19(23)31)27(29(32)38)30(39)35-20-6-4-5-7-24(20)40-3/h4-11,14-17,27H,12-13H2,1-3H3,(H2,32,38)(H,35,39). The monoisotopic (exact) mass is 588 g/mol. The number of aromatic nitrogens is 3. The summed E-state index contributed by atoms with van der Waals surface area (Å²) >= 11 is 1.44. The summed E-state index contributed by atoms with van der Waals surface area (Å²) in [6.45, 7) is 1.70. The fourth-order valence-electron chi connectivity index (χ4n) is 4.34. The van der Waals surface area contributed by atoms with Gasteiger partial charge in [-0.3, -0.25) is 14.6 Å². The van der Waals surface area contributed by atoms with Gasteiger partial charge in [-0.25, -0.2) is 9.37 Å². The van der Waals surface area contributed by atoms with Gasteiger partial charge in [0.25, 0.3) is 0 Å². The molecule has 0 fully saturated rings. The molecule has 1 unspecified atom stereocenters. The van der Waals surface area contributed by atoms with Gasteiger partial charge in [0, 0.05) is 31.5 Å². The van der Waals surface area contributed by atoms with E-state index in [-0.39, 0.29) is 11.3 Å². The smallest absolute Gasteiger partial charge is 0.241 e. The second kappa shape index (κ2) is 12.4. The van der Waals surface area contributed by atoms with Gasteiger partial charge in [-0.15, -0.1) is 11.3 Å². The van der Waals surface area contributed by atoms with E-state index in [1.165, 1.54) is 30.6 Å². The van der Waals surface area contributed by atoms with E-state index < -0.39 is 23.5 Å². The molecule has 0 spiro atoms. The van der Waals surface area contributed by atoms with E-state index in [0.29, 0.717) is 22.7 Å². The minimum absolute atomic E-state index is 0.0810. The third kappa shape index (κ3) is 6.24. The molecule has 0 saturated carbocycles. The number of primary amides is 1. The molecule has 5 aromatic rings. The number of fused-ring (bicyclic) bond motifs is 1. The zero-order valence-corrected chi connectivity index (χ0v) is 24.0. The fourth-order valence-corrected chi connectivity index (χ4v) is 5.37. The predicted octanol–water partition coefficient (Wildman–Crippen LogP) is 4.87. The maximum absolute atomic E-state index is 15.3. The van der Waals surface area contributed by atoms with Crippen molar-refractivity contribution in [2.45, 2.75) is 12.5 Å². The first-order valence-electron chi connectivity index (χ1n) is 13.0. The molecule has 5 rings (SSSR count). The van der Waals surface area contributed by atoms with Crippen molar-refractivity contribution in [2.24, 2.45) is 5.73 Å². The highest BCUT2D eigenvalue weighted by Crippen LogP contribution is 2.39. The molecule has 2 aromatic carbocycles. The van der Waals surface area contributed by atoms with Crippen LogP contribution in [0.3, 0.4) is 0 Å². The van der Waals surface area contributed by atoms with Crippen LogP contribution in [-0.4, -0.2) is 59.0 Å². The van der Waals surface area contributed by atoms with Gasteiger partial charge >= 0.3 is 0 Å². The molecule has 42 heavy (non-hydrogen) atoms. The fraction of sp³-hybridized carbons (Fsp3) is 0.200. The first-order chi connectivity index (χ1) is 20.2. The molecule has 0 saturated heterocycles. The number of thiophene rings is 1. The van der Waals surface area contributed by atoms with Gasteiger partial charge in [0.15, 0.2) is 11.6 Å². The Morgan fingerprint density at radius 1 is 1.10 bits per heavy atom. The molecular weight excluding hydrogens is 559 g/mol. The maximum atomic E-state index is 15.3. The number of rotatable bonds is 11. The summed E-state index contributed by atoms with van der Waals surface area (Å²) in [5.74, 6) is -3.11. The number of para-hydroxylation sites is 2. The quantitative estimate of drug-likeness (QED) is 0.211. The highest BCUT2D eigenvalue weighted by Gasteiger charge is 2.28. The average molecular weight is 589 g/mol. The summed E-state index contributed by atoms with van der Waals surface area (Å²) < 4.78 is 29.3. The molecule has 3 heterocycles. The molecule has 216 valence electrons. The van der Waals surface area contributed by atoms with E-state index in [1.54, 1.807) is 42.9 Å². The average Bonchev–Trinajstić information content (AvgIpc) is 3.61.